The summed E-state index contributed by atoms with van der Waals surface area (Å²) in [5, 5.41) is 12.6. The highest BCUT2D eigenvalue weighted by Gasteiger charge is 2.25. The van der Waals surface area contributed by atoms with Crippen molar-refractivity contribution in [1.82, 2.24) is 25.5 Å². The number of carbonyl (C=O) groups excluding carboxylic acids is 1. The third kappa shape index (κ3) is 3.69. The number of nitrogens with zero attached hydrogens (tertiary/aromatic N) is 3. The number of rotatable bonds is 4. The Kier molecular flexibility index (Phi) is 4.72. The number of nitrogens with one attached hydrogen (secondary N) is 2. The highest BCUT2D eigenvalue weighted by Crippen LogP contribution is 2.35. The van der Waals surface area contributed by atoms with Gasteiger partial charge in [-0.3, -0.25) is 9.89 Å². The predicted molar refractivity (Wildman–Crippen MR) is 100 cm³/mol. The molecule has 1 fully saturated rings. The Labute approximate surface area is 153 Å². The van der Waals surface area contributed by atoms with Gasteiger partial charge in [-0.25, -0.2) is 9.97 Å². The zero-order valence-corrected chi connectivity index (χ0v) is 15.5. The van der Waals surface area contributed by atoms with Crippen molar-refractivity contribution >= 4 is 40.0 Å². The van der Waals surface area contributed by atoms with Crippen LogP contribution in [0.2, 0.25) is 0 Å². The molecule has 4 rings (SSSR count). The van der Waals surface area contributed by atoms with E-state index in [1.54, 1.807) is 35.6 Å². The molecular formula is C17H19N5OS2. The van der Waals surface area contributed by atoms with Crippen LogP contribution >= 0.6 is 23.1 Å². The lowest BCUT2D eigenvalue weighted by Gasteiger charge is -2.28. The lowest BCUT2D eigenvalue weighted by molar-refractivity contribution is 0.0932. The number of thioether (sulfide) groups is 1. The van der Waals surface area contributed by atoms with Gasteiger partial charge in [0.05, 0.1) is 16.5 Å². The van der Waals surface area contributed by atoms with Crippen molar-refractivity contribution in [2.24, 2.45) is 0 Å². The number of carbonyl (C=O) groups is 1. The van der Waals surface area contributed by atoms with Crippen molar-refractivity contribution in [2.75, 3.05) is 0 Å². The number of aryl methyl sites for hydroxylation is 1. The van der Waals surface area contributed by atoms with Gasteiger partial charge in [-0.05, 0) is 44.7 Å². The average Bonchev–Trinajstić information content (AvgIpc) is 3.26. The summed E-state index contributed by atoms with van der Waals surface area (Å²) in [6.07, 6.45) is 7.52. The van der Waals surface area contributed by atoms with Crippen LogP contribution in [0.4, 0.5) is 0 Å². The van der Waals surface area contributed by atoms with E-state index in [0.29, 0.717) is 5.25 Å². The third-order valence-corrected chi connectivity index (χ3v) is 6.82. The molecule has 0 radical (unpaired) electrons. The first-order valence-corrected chi connectivity index (χ1v) is 10.1. The van der Waals surface area contributed by atoms with Gasteiger partial charge in [-0.1, -0.05) is 0 Å². The number of aromatic amines is 1. The van der Waals surface area contributed by atoms with E-state index in [4.69, 9.17) is 0 Å². The maximum Gasteiger partial charge on any atom is 0.261 e. The Morgan fingerprint density at radius 1 is 1.28 bits per heavy atom. The fraction of sp³-hybridized carbons (Fsp3) is 0.412. The maximum atomic E-state index is 12.3. The molecule has 2 N–H and O–H groups in total. The molecule has 0 unspecified atom stereocenters. The Hall–Kier alpha value is -1.93. The van der Waals surface area contributed by atoms with Crippen LogP contribution in [0.15, 0.2) is 29.7 Å². The van der Waals surface area contributed by atoms with Gasteiger partial charge in [0.15, 0.2) is 5.65 Å². The summed E-state index contributed by atoms with van der Waals surface area (Å²) in [4.78, 5) is 22.8. The van der Waals surface area contributed by atoms with Crippen LogP contribution in [-0.4, -0.2) is 37.4 Å². The van der Waals surface area contributed by atoms with E-state index in [2.05, 4.69) is 25.5 Å². The van der Waals surface area contributed by atoms with Crippen molar-refractivity contribution < 1.29 is 4.79 Å². The SMILES string of the molecule is Cc1ccc(C(=O)NC2CCC(Sc3ncnc4[nH]ncc34)CC2)s1. The zero-order chi connectivity index (χ0) is 17.2. The molecule has 3 aromatic rings. The molecule has 8 heteroatoms. The summed E-state index contributed by atoms with van der Waals surface area (Å²) < 4.78 is 0. The van der Waals surface area contributed by atoms with E-state index in [1.807, 2.05) is 19.1 Å². The van der Waals surface area contributed by atoms with Crippen molar-refractivity contribution in [2.45, 2.75) is 48.9 Å². The zero-order valence-electron chi connectivity index (χ0n) is 13.9. The van der Waals surface area contributed by atoms with E-state index in [9.17, 15) is 4.79 Å². The molecule has 0 bridgehead atoms. The quantitative estimate of drug-likeness (QED) is 0.683. The number of aromatic nitrogens is 4. The average molecular weight is 374 g/mol. The second-order valence-corrected chi connectivity index (χ2v) is 8.86. The van der Waals surface area contributed by atoms with Gasteiger partial charge in [-0.2, -0.15) is 5.10 Å². The van der Waals surface area contributed by atoms with Crippen LogP contribution < -0.4 is 5.32 Å². The highest BCUT2D eigenvalue weighted by atomic mass is 32.2. The largest absolute Gasteiger partial charge is 0.349 e. The fourth-order valence-electron chi connectivity index (χ4n) is 3.13. The molecule has 25 heavy (non-hydrogen) atoms. The first-order chi connectivity index (χ1) is 12.2. The molecule has 1 aliphatic rings. The molecule has 1 saturated carbocycles. The van der Waals surface area contributed by atoms with Crippen LogP contribution in [0.5, 0.6) is 0 Å². The molecule has 0 aliphatic heterocycles. The molecule has 0 saturated heterocycles. The summed E-state index contributed by atoms with van der Waals surface area (Å²) in [7, 11) is 0. The molecule has 0 atom stereocenters. The normalized spacial score (nSPS) is 20.7. The minimum absolute atomic E-state index is 0.0603. The van der Waals surface area contributed by atoms with Crippen molar-refractivity contribution in [3.8, 4) is 0 Å². The van der Waals surface area contributed by atoms with Crippen molar-refractivity contribution in [3.63, 3.8) is 0 Å². The first-order valence-electron chi connectivity index (χ1n) is 8.37. The van der Waals surface area contributed by atoms with Gasteiger partial charge in [0.1, 0.15) is 11.4 Å². The summed E-state index contributed by atoms with van der Waals surface area (Å²) in [5.74, 6) is 0.0603. The third-order valence-electron chi connectivity index (χ3n) is 4.46. The number of fused-ring (bicyclic) bond motifs is 1. The number of H-pyrrole nitrogens is 1. The van der Waals surface area contributed by atoms with Crippen molar-refractivity contribution in [1.29, 1.82) is 0 Å². The van der Waals surface area contributed by atoms with E-state index in [0.717, 1.165) is 46.6 Å². The van der Waals surface area contributed by atoms with Gasteiger partial charge < -0.3 is 5.32 Å². The predicted octanol–water partition coefficient (Wildman–Crippen LogP) is 3.56. The monoisotopic (exact) mass is 373 g/mol. The van der Waals surface area contributed by atoms with Crippen LogP contribution in [0.1, 0.15) is 40.2 Å². The minimum Gasteiger partial charge on any atom is -0.349 e. The topological polar surface area (TPSA) is 83.6 Å². The molecule has 0 spiro atoms. The summed E-state index contributed by atoms with van der Waals surface area (Å²) in [6, 6.07) is 4.17. The Bertz CT molecular complexity index is 882. The second-order valence-electron chi connectivity index (χ2n) is 6.29. The van der Waals surface area contributed by atoms with Crippen LogP contribution in [0.25, 0.3) is 11.0 Å². The van der Waals surface area contributed by atoms with Crippen LogP contribution in [0.3, 0.4) is 0 Å². The van der Waals surface area contributed by atoms with Crippen LogP contribution in [-0.2, 0) is 0 Å². The van der Waals surface area contributed by atoms with Gasteiger partial charge >= 0.3 is 0 Å². The smallest absolute Gasteiger partial charge is 0.261 e. The van der Waals surface area contributed by atoms with Crippen LogP contribution in [0, 0.1) is 6.92 Å². The fourth-order valence-corrected chi connectivity index (χ4v) is 5.11. The summed E-state index contributed by atoms with van der Waals surface area (Å²) in [5.41, 5.74) is 0.782. The lowest BCUT2D eigenvalue weighted by atomic mass is 9.95. The standard InChI is InChI=1S/C17H19N5OS2/c1-10-2-7-14(24-10)16(23)21-11-3-5-12(6-4-11)25-17-13-8-20-22-15(13)18-9-19-17/h2,7-9,11-12H,3-6H2,1H3,(H,21,23)(H,18,19,20,22). The Balaban J connectivity index is 1.32. The lowest BCUT2D eigenvalue weighted by Crippen LogP contribution is -2.37. The van der Waals surface area contributed by atoms with E-state index in [-0.39, 0.29) is 11.9 Å². The van der Waals surface area contributed by atoms with E-state index < -0.39 is 0 Å². The summed E-state index contributed by atoms with van der Waals surface area (Å²) in [6.45, 7) is 2.02. The maximum absolute atomic E-state index is 12.3. The number of hydrogen-bond acceptors (Lipinski definition) is 6. The highest BCUT2D eigenvalue weighted by molar-refractivity contribution is 8.00. The van der Waals surface area contributed by atoms with E-state index in [1.165, 1.54) is 4.88 Å². The van der Waals surface area contributed by atoms with Gasteiger partial charge in [0.2, 0.25) is 0 Å². The molecule has 3 heterocycles. The molecule has 6 nitrogen and oxygen atoms in total. The van der Waals surface area contributed by atoms with E-state index >= 15 is 0 Å². The number of thiophene rings is 1. The van der Waals surface area contributed by atoms with Crippen molar-refractivity contribution in [3.05, 3.63) is 34.4 Å². The van der Waals surface area contributed by atoms with Gasteiger partial charge in [0, 0.05) is 16.2 Å². The number of amides is 1. The molecule has 3 aromatic heterocycles. The molecule has 0 aromatic carbocycles. The Morgan fingerprint density at radius 3 is 2.88 bits per heavy atom. The number of hydrogen-bond donors (Lipinski definition) is 2. The summed E-state index contributed by atoms with van der Waals surface area (Å²) >= 11 is 3.35. The second kappa shape index (κ2) is 7.13. The minimum atomic E-state index is 0.0603. The first kappa shape index (κ1) is 16.5. The molecular weight excluding hydrogens is 354 g/mol. The molecule has 130 valence electrons. The Morgan fingerprint density at radius 2 is 2.12 bits per heavy atom. The molecule has 1 amide bonds. The molecule has 1 aliphatic carbocycles. The van der Waals surface area contributed by atoms with Gasteiger partial charge in [0.25, 0.3) is 5.91 Å². The van der Waals surface area contributed by atoms with Gasteiger partial charge in [-0.15, -0.1) is 23.1 Å².